The van der Waals surface area contributed by atoms with Crippen LogP contribution in [0.2, 0.25) is 0 Å². The van der Waals surface area contributed by atoms with Gasteiger partial charge in [-0.2, -0.15) is 0 Å². The number of carbonyl (C=O) groups excluding carboxylic acids is 1. The van der Waals surface area contributed by atoms with E-state index in [0.29, 0.717) is 5.69 Å². The van der Waals surface area contributed by atoms with Crippen LogP contribution in [0.4, 0.5) is 10.5 Å². The summed E-state index contributed by atoms with van der Waals surface area (Å²) in [4.78, 5) is 26.3. The number of aliphatic carboxylic acids is 1. The number of pyridine rings is 1. The van der Waals surface area contributed by atoms with Gasteiger partial charge in [0.05, 0.1) is 11.9 Å². The standard InChI is InChI=1S/C12H15N3O3/c1-3-4-10(11(16)17)15-12(18)14-9-5-8(2)6-13-7-9/h3,5-7,10H,1,4H2,2H3,(H,16,17)(H2,14,15,18). The molecule has 3 N–H and O–H groups in total. The molecule has 0 spiro atoms. The topological polar surface area (TPSA) is 91.3 Å². The molecule has 0 saturated heterocycles. The molecule has 1 unspecified atom stereocenters. The quantitative estimate of drug-likeness (QED) is 0.690. The van der Waals surface area contributed by atoms with E-state index < -0.39 is 18.0 Å². The molecule has 1 atom stereocenters. The van der Waals surface area contributed by atoms with E-state index in [9.17, 15) is 9.59 Å². The van der Waals surface area contributed by atoms with Crippen molar-refractivity contribution < 1.29 is 14.7 Å². The first-order valence-electron chi connectivity index (χ1n) is 5.36. The van der Waals surface area contributed by atoms with Crippen molar-refractivity contribution in [3.63, 3.8) is 0 Å². The minimum absolute atomic E-state index is 0.162. The van der Waals surface area contributed by atoms with Gasteiger partial charge in [-0.15, -0.1) is 6.58 Å². The Kier molecular flexibility index (Phi) is 4.86. The van der Waals surface area contributed by atoms with Crippen molar-refractivity contribution in [3.8, 4) is 0 Å². The summed E-state index contributed by atoms with van der Waals surface area (Å²) < 4.78 is 0. The van der Waals surface area contributed by atoms with Gasteiger partial charge in [0.1, 0.15) is 6.04 Å². The van der Waals surface area contributed by atoms with Gasteiger partial charge in [0.2, 0.25) is 0 Å². The molecule has 0 saturated carbocycles. The number of nitrogens with zero attached hydrogens (tertiary/aromatic N) is 1. The lowest BCUT2D eigenvalue weighted by molar-refractivity contribution is -0.139. The number of amides is 2. The third-order valence-electron chi connectivity index (χ3n) is 2.14. The maximum Gasteiger partial charge on any atom is 0.326 e. The molecule has 2 amide bonds. The number of hydrogen-bond donors (Lipinski definition) is 3. The number of carboxylic acids is 1. The zero-order valence-electron chi connectivity index (χ0n) is 10.0. The fourth-order valence-electron chi connectivity index (χ4n) is 1.34. The van der Waals surface area contributed by atoms with Crippen LogP contribution in [0.5, 0.6) is 0 Å². The van der Waals surface area contributed by atoms with Crippen molar-refractivity contribution in [1.29, 1.82) is 0 Å². The molecule has 6 heteroatoms. The van der Waals surface area contributed by atoms with Crippen molar-refractivity contribution in [2.24, 2.45) is 0 Å². The molecule has 0 aliphatic rings. The summed E-state index contributed by atoms with van der Waals surface area (Å²) in [7, 11) is 0. The molecule has 0 bridgehead atoms. The normalized spacial score (nSPS) is 11.4. The highest BCUT2D eigenvalue weighted by atomic mass is 16.4. The van der Waals surface area contributed by atoms with Crippen molar-refractivity contribution >= 4 is 17.7 Å². The molecule has 1 heterocycles. The molecule has 96 valence electrons. The Morgan fingerprint density at radius 2 is 2.28 bits per heavy atom. The SMILES string of the molecule is C=CCC(NC(=O)Nc1cncc(C)c1)C(=O)O. The number of hydrogen-bond acceptors (Lipinski definition) is 3. The predicted molar refractivity (Wildman–Crippen MR) is 67.4 cm³/mol. The summed E-state index contributed by atoms with van der Waals surface area (Å²) >= 11 is 0. The van der Waals surface area contributed by atoms with E-state index in [1.165, 1.54) is 12.3 Å². The average molecular weight is 249 g/mol. The second-order valence-electron chi connectivity index (χ2n) is 3.76. The first-order valence-corrected chi connectivity index (χ1v) is 5.36. The van der Waals surface area contributed by atoms with Gasteiger partial charge in [-0.25, -0.2) is 9.59 Å². The summed E-state index contributed by atoms with van der Waals surface area (Å²) in [6, 6.07) is 0.160. The Morgan fingerprint density at radius 3 is 2.83 bits per heavy atom. The van der Waals surface area contributed by atoms with E-state index in [1.54, 1.807) is 12.3 Å². The van der Waals surface area contributed by atoms with E-state index >= 15 is 0 Å². The zero-order valence-corrected chi connectivity index (χ0v) is 10.0. The van der Waals surface area contributed by atoms with E-state index in [2.05, 4.69) is 22.2 Å². The summed E-state index contributed by atoms with van der Waals surface area (Å²) in [6.07, 6.45) is 4.73. The van der Waals surface area contributed by atoms with Gasteiger partial charge in [0.15, 0.2) is 0 Å². The monoisotopic (exact) mass is 249 g/mol. The summed E-state index contributed by atoms with van der Waals surface area (Å²) in [5, 5.41) is 13.7. The van der Waals surface area contributed by atoms with Crippen LogP contribution in [0, 0.1) is 6.92 Å². The number of nitrogens with one attached hydrogen (secondary N) is 2. The molecule has 0 aliphatic heterocycles. The Morgan fingerprint density at radius 1 is 1.56 bits per heavy atom. The van der Waals surface area contributed by atoms with Gasteiger partial charge in [-0.1, -0.05) is 6.08 Å². The summed E-state index contributed by atoms with van der Waals surface area (Å²) in [5.41, 5.74) is 1.41. The Bertz CT molecular complexity index is 460. The van der Waals surface area contributed by atoms with Gasteiger partial charge < -0.3 is 15.7 Å². The molecule has 0 fully saturated rings. The number of urea groups is 1. The molecule has 0 aromatic carbocycles. The van der Waals surface area contributed by atoms with Crippen molar-refractivity contribution in [2.45, 2.75) is 19.4 Å². The molecule has 18 heavy (non-hydrogen) atoms. The van der Waals surface area contributed by atoms with Crippen LogP contribution in [0.1, 0.15) is 12.0 Å². The van der Waals surface area contributed by atoms with Crippen LogP contribution < -0.4 is 10.6 Å². The minimum Gasteiger partial charge on any atom is -0.480 e. The van der Waals surface area contributed by atoms with E-state index in [4.69, 9.17) is 5.11 Å². The highest BCUT2D eigenvalue weighted by Crippen LogP contribution is 2.07. The lowest BCUT2D eigenvalue weighted by Gasteiger charge is -2.13. The molecule has 6 nitrogen and oxygen atoms in total. The Labute approximate surface area is 105 Å². The van der Waals surface area contributed by atoms with Gasteiger partial charge in [0, 0.05) is 6.20 Å². The molecule has 1 rings (SSSR count). The molecular weight excluding hydrogens is 234 g/mol. The fraction of sp³-hybridized carbons (Fsp3) is 0.250. The van der Waals surface area contributed by atoms with Crippen LogP contribution in [-0.4, -0.2) is 28.1 Å². The maximum absolute atomic E-state index is 11.6. The molecule has 0 radical (unpaired) electrons. The minimum atomic E-state index is -1.10. The first-order chi connectivity index (χ1) is 8.52. The van der Waals surface area contributed by atoms with E-state index in [1.807, 2.05) is 6.92 Å². The van der Waals surface area contributed by atoms with Crippen LogP contribution in [-0.2, 0) is 4.79 Å². The van der Waals surface area contributed by atoms with Gasteiger partial charge in [-0.3, -0.25) is 4.98 Å². The zero-order chi connectivity index (χ0) is 13.5. The lowest BCUT2D eigenvalue weighted by Crippen LogP contribution is -2.42. The predicted octanol–water partition coefficient (Wildman–Crippen LogP) is 1.54. The van der Waals surface area contributed by atoms with Gasteiger partial charge >= 0.3 is 12.0 Å². The Balaban J connectivity index is 2.60. The van der Waals surface area contributed by atoms with Crippen LogP contribution in [0.3, 0.4) is 0 Å². The maximum atomic E-state index is 11.6. The largest absolute Gasteiger partial charge is 0.480 e. The number of aromatic nitrogens is 1. The van der Waals surface area contributed by atoms with Crippen LogP contribution >= 0.6 is 0 Å². The highest BCUT2D eigenvalue weighted by Gasteiger charge is 2.18. The fourth-order valence-corrected chi connectivity index (χ4v) is 1.34. The molecule has 0 aliphatic carbocycles. The van der Waals surface area contributed by atoms with Crippen molar-refractivity contribution in [1.82, 2.24) is 10.3 Å². The third kappa shape index (κ3) is 4.25. The Hall–Kier alpha value is -2.37. The number of rotatable bonds is 5. The van der Waals surface area contributed by atoms with Crippen LogP contribution in [0.15, 0.2) is 31.1 Å². The van der Waals surface area contributed by atoms with Gasteiger partial charge in [-0.05, 0) is 25.0 Å². The first kappa shape index (κ1) is 13.7. The number of aryl methyl sites for hydroxylation is 1. The van der Waals surface area contributed by atoms with Crippen molar-refractivity contribution in [3.05, 3.63) is 36.7 Å². The highest BCUT2D eigenvalue weighted by molar-refractivity contribution is 5.92. The van der Waals surface area contributed by atoms with Crippen LogP contribution in [0.25, 0.3) is 0 Å². The number of carboxylic acid groups (broad SMARTS) is 1. The van der Waals surface area contributed by atoms with Crippen molar-refractivity contribution in [2.75, 3.05) is 5.32 Å². The smallest absolute Gasteiger partial charge is 0.326 e. The summed E-state index contributed by atoms with van der Waals surface area (Å²) in [6.45, 7) is 5.28. The summed E-state index contributed by atoms with van der Waals surface area (Å²) in [5.74, 6) is -1.10. The molecular formula is C12H15N3O3. The lowest BCUT2D eigenvalue weighted by atomic mass is 10.2. The number of carbonyl (C=O) groups is 2. The number of anilines is 1. The second-order valence-corrected chi connectivity index (χ2v) is 3.76. The molecule has 1 aromatic heterocycles. The third-order valence-corrected chi connectivity index (χ3v) is 2.14. The van der Waals surface area contributed by atoms with Gasteiger partial charge in [0.25, 0.3) is 0 Å². The molecule has 1 aromatic rings. The van der Waals surface area contributed by atoms with E-state index in [-0.39, 0.29) is 6.42 Å². The average Bonchev–Trinajstić information content (AvgIpc) is 2.28. The van der Waals surface area contributed by atoms with E-state index in [0.717, 1.165) is 5.56 Å². The second kappa shape index (κ2) is 6.39.